The number of ketones is 1. The summed E-state index contributed by atoms with van der Waals surface area (Å²) in [5.74, 6) is 3.24. The summed E-state index contributed by atoms with van der Waals surface area (Å²) in [6, 6.07) is 17.1. The van der Waals surface area contributed by atoms with Crippen molar-refractivity contribution in [3.8, 4) is 18.1 Å². The van der Waals surface area contributed by atoms with Crippen molar-refractivity contribution in [2.75, 3.05) is 6.61 Å². The van der Waals surface area contributed by atoms with Crippen LogP contribution in [0.1, 0.15) is 49.7 Å². The summed E-state index contributed by atoms with van der Waals surface area (Å²) in [4.78, 5) is 29.0. The van der Waals surface area contributed by atoms with Crippen molar-refractivity contribution in [2.24, 2.45) is 0 Å². The zero-order valence-corrected chi connectivity index (χ0v) is 17.3. The molecule has 0 radical (unpaired) electrons. The Morgan fingerprint density at radius 3 is 2.27 bits per heavy atom. The summed E-state index contributed by atoms with van der Waals surface area (Å²) in [7, 11) is 0. The first-order valence-electron chi connectivity index (χ1n) is 10.3. The Morgan fingerprint density at radius 2 is 1.57 bits per heavy atom. The molecule has 30 heavy (non-hydrogen) atoms. The van der Waals surface area contributed by atoms with E-state index >= 15 is 0 Å². The van der Waals surface area contributed by atoms with E-state index in [9.17, 15) is 9.59 Å². The first kappa shape index (κ1) is 23.2. The standard InChI is InChI=1S/C25H29NO4/c1-2-18-29-24-16-14-22(15-17-24)20-30-26-25(28)13-9-4-3-8-12-23(27)19-21-10-6-5-7-11-21/h1,5-7,10-11,14-17H,3-4,8-9,12-13,18-20H2,(H,26,28). The van der Waals surface area contributed by atoms with Gasteiger partial charge in [0, 0.05) is 19.3 Å². The first-order chi connectivity index (χ1) is 14.7. The van der Waals surface area contributed by atoms with Crippen LogP contribution < -0.4 is 10.2 Å². The normalized spacial score (nSPS) is 10.2. The van der Waals surface area contributed by atoms with E-state index in [2.05, 4.69) is 11.4 Å². The molecule has 0 saturated carbocycles. The van der Waals surface area contributed by atoms with Crippen LogP contribution in [0.5, 0.6) is 5.75 Å². The van der Waals surface area contributed by atoms with E-state index in [-0.39, 0.29) is 24.9 Å². The van der Waals surface area contributed by atoms with Gasteiger partial charge in [-0.05, 0) is 36.1 Å². The molecule has 158 valence electrons. The van der Waals surface area contributed by atoms with Gasteiger partial charge in [-0.1, -0.05) is 61.2 Å². The maximum Gasteiger partial charge on any atom is 0.243 e. The fraction of sp³-hybridized carbons (Fsp3) is 0.360. The number of ether oxygens (including phenoxy) is 1. The van der Waals surface area contributed by atoms with E-state index in [4.69, 9.17) is 16.0 Å². The fourth-order valence-electron chi connectivity index (χ4n) is 2.93. The van der Waals surface area contributed by atoms with Crippen molar-refractivity contribution in [1.82, 2.24) is 5.48 Å². The van der Waals surface area contributed by atoms with Gasteiger partial charge in [-0.15, -0.1) is 6.42 Å². The number of benzene rings is 2. The van der Waals surface area contributed by atoms with Gasteiger partial charge in [0.1, 0.15) is 18.1 Å². The minimum atomic E-state index is -0.135. The molecule has 5 heteroatoms. The third-order valence-corrected chi connectivity index (χ3v) is 4.52. The van der Waals surface area contributed by atoms with Gasteiger partial charge in [-0.25, -0.2) is 5.48 Å². The Morgan fingerprint density at radius 1 is 0.867 bits per heavy atom. The number of amides is 1. The van der Waals surface area contributed by atoms with Gasteiger partial charge in [0.2, 0.25) is 5.91 Å². The average molecular weight is 408 g/mol. The summed E-state index contributed by atoms with van der Waals surface area (Å²) >= 11 is 0. The molecule has 0 aromatic heterocycles. The highest BCUT2D eigenvalue weighted by molar-refractivity contribution is 5.80. The van der Waals surface area contributed by atoms with E-state index in [0.29, 0.717) is 25.0 Å². The van der Waals surface area contributed by atoms with Crippen molar-refractivity contribution < 1.29 is 19.2 Å². The molecule has 0 aliphatic carbocycles. The molecule has 5 nitrogen and oxygen atoms in total. The van der Waals surface area contributed by atoms with E-state index in [1.54, 1.807) is 0 Å². The molecule has 0 saturated heterocycles. The second-order valence-corrected chi connectivity index (χ2v) is 7.07. The van der Waals surface area contributed by atoms with Gasteiger partial charge in [0.15, 0.2) is 0 Å². The van der Waals surface area contributed by atoms with Crippen LogP contribution in [0.25, 0.3) is 0 Å². The lowest BCUT2D eigenvalue weighted by atomic mass is 10.0. The SMILES string of the molecule is C#CCOc1ccc(CONC(=O)CCCCCCC(=O)Cc2ccccc2)cc1. The lowest BCUT2D eigenvalue weighted by Gasteiger charge is -2.07. The Kier molecular flexibility index (Phi) is 10.8. The van der Waals surface area contributed by atoms with Crippen LogP contribution in [0.4, 0.5) is 0 Å². The van der Waals surface area contributed by atoms with Crippen LogP contribution in [-0.4, -0.2) is 18.3 Å². The Bertz CT molecular complexity index is 809. The monoisotopic (exact) mass is 407 g/mol. The van der Waals surface area contributed by atoms with Crippen molar-refractivity contribution in [3.63, 3.8) is 0 Å². The highest BCUT2D eigenvalue weighted by atomic mass is 16.6. The van der Waals surface area contributed by atoms with E-state index in [1.165, 1.54) is 0 Å². The zero-order chi connectivity index (χ0) is 21.4. The maximum absolute atomic E-state index is 12.0. The summed E-state index contributed by atoms with van der Waals surface area (Å²) in [5, 5.41) is 0. The Balaban J connectivity index is 1.47. The van der Waals surface area contributed by atoms with Crippen molar-refractivity contribution in [1.29, 1.82) is 0 Å². The number of hydroxylamine groups is 1. The number of unbranched alkanes of at least 4 members (excludes halogenated alkanes) is 3. The predicted octanol–water partition coefficient (Wildman–Crippen LogP) is 4.40. The van der Waals surface area contributed by atoms with Gasteiger partial charge in [-0.2, -0.15) is 0 Å². The number of terminal acetylenes is 1. The van der Waals surface area contributed by atoms with Crippen LogP contribution in [0.2, 0.25) is 0 Å². The number of hydrogen-bond donors (Lipinski definition) is 1. The molecule has 1 N–H and O–H groups in total. The van der Waals surface area contributed by atoms with Gasteiger partial charge < -0.3 is 4.74 Å². The second-order valence-electron chi connectivity index (χ2n) is 7.07. The van der Waals surface area contributed by atoms with Crippen molar-refractivity contribution >= 4 is 11.7 Å². The molecular formula is C25H29NO4. The highest BCUT2D eigenvalue weighted by Crippen LogP contribution is 2.12. The second kappa shape index (κ2) is 14.0. The molecular weight excluding hydrogens is 378 g/mol. The Labute approximate surface area is 178 Å². The van der Waals surface area contributed by atoms with Gasteiger partial charge in [0.05, 0.1) is 6.61 Å². The minimum absolute atomic E-state index is 0.135. The van der Waals surface area contributed by atoms with Crippen molar-refractivity contribution in [3.05, 3.63) is 65.7 Å². The summed E-state index contributed by atoms with van der Waals surface area (Å²) in [6.07, 6.45) is 10.2. The van der Waals surface area contributed by atoms with Gasteiger partial charge in [0.25, 0.3) is 0 Å². The van der Waals surface area contributed by atoms with Crippen LogP contribution in [0, 0.1) is 12.3 Å². The van der Waals surface area contributed by atoms with E-state index in [1.807, 2.05) is 54.6 Å². The number of carbonyl (C=O) groups excluding carboxylic acids is 2. The summed E-state index contributed by atoms with van der Waals surface area (Å²) < 4.78 is 5.30. The molecule has 0 aliphatic rings. The largest absolute Gasteiger partial charge is 0.481 e. The number of carbonyl (C=O) groups is 2. The van der Waals surface area contributed by atoms with E-state index < -0.39 is 0 Å². The van der Waals surface area contributed by atoms with Crippen LogP contribution in [0.15, 0.2) is 54.6 Å². The first-order valence-corrected chi connectivity index (χ1v) is 10.3. The molecule has 2 aromatic carbocycles. The Hall–Kier alpha value is -3.10. The molecule has 2 rings (SSSR count). The predicted molar refractivity (Wildman–Crippen MR) is 117 cm³/mol. The van der Waals surface area contributed by atoms with Crippen molar-refractivity contribution in [2.45, 2.75) is 51.6 Å². The van der Waals surface area contributed by atoms with Crippen LogP contribution in [-0.2, 0) is 27.5 Å². The average Bonchev–Trinajstić information content (AvgIpc) is 2.76. The topological polar surface area (TPSA) is 64.6 Å². The lowest BCUT2D eigenvalue weighted by molar-refractivity contribution is -0.134. The molecule has 0 atom stereocenters. The number of nitrogens with one attached hydrogen (secondary N) is 1. The third-order valence-electron chi connectivity index (χ3n) is 4.52. The number of rotatable bonds is 14. The molecule has 0 aliphatic heterocycles. The molecule has 2 aromatic rings. The number of hydrogen-bond acceptors (Lipinski definition) is 4. The summed E-state index contributed by atoms with van der Waals surface area (Å²) in [6.45, 7) is 0.514. The zero-order valence-electron chi connectivity index (χ0n) is 17.3. The molecule has 0 unspecified atom stereocenters. The molecule has 0 bridgehead atoms. The summed E-state index contributed by atoms with van der Waals surface area (Å²) in [5.41, 5.74) is 4.45. The maximum atomic E-state index is 12.0. The highest BCUT2D eigenvalue weighted by Gasteiger charge is 2.05. The molecule has 0 fully saturated rings. The third kappa shape index (κ3) is 9.90. The minimum Gasteiger partial charge on any atom is -0.481 e. The molecule has 1 amide bonds. The molecule has 0 heterocycles. The smallest absolute Gasteiger partial charge is 0.243 e. The van der Waals surface area contributed by atoms with Gasteiger partial charge in [-0.3, -0.25) is 14.4 Å². The van der Waals surface area contributed by atoms with Gasteiger partial charge >= 0.3 is 0 Å². The quantitative estimate of drug-likeness (QED) is 0.286. The lowest BCUT2D eigenvalue weighted by Crippen LogP contribution is -2.23. The molecule has 0 spiro atoms. The fourth-order valence-corrected chi connectivity index (χ4v) is 2.93. The van der Waals surface area contributed by atoms with Crippen LogP contribution in [0.3, 0.4) is 0 Å². The number of Topliss-reactive ketones (excluding diaryl/α,β-unsaturated/α-hetero) is 1. The van der Waals surface area contributed by atoms with E-state index in [0.717, 1.165) is 36.8 Å². The van der Waals surface area contributed by atoms with Crippen LogP contribution >= 0.6 is 0 Å².